The Kier molecular flexibility index (Phi) is 5.21. The largest absolute Gasteiger partial charge is 0.402 e. The molecule has 98 valence electrons. The molecule has 4 nitrogen and oxygen atoms in total. The van der Waals surface area contributed by atoms with Gasteiger partial charge in [0.05, 0.1) is 5.25 Å². The van der Waals surface area contributed by atoms with E-state index < -0.39 is 34.0 Å². The smallest absolute Gasteiger partial charge is 0.329 e. The number of alkyl halides is 3. The van der Waals surface area contributed by atoms with E-state index in [1.54, 1.807) is 0 Å². The number of hydrogen-bond acceptors (Lipinski definition) is 3. The predicted octanol–water partition coefficient (Wildman–Crippen LogP) is 0.936. The molecule has 1 atom stereocenters. The van der Waals surface area contributed by atoms with E-state index in [1.165, 1.54) is 20.8 Å². The zero-order valence-corrected chi connectivity index (χ0v) is 10.3. The number of nitrogens with zero attached hydrogens (tertiary/aromatic N) is 1. The van der Waals surface area contributed by atoms with Gasteiger partial charge in [0.1, 0.15) is 6.54 Å². The van der Waals surface area contributed by atoms with Gasteiger partial charge in [0.15, 0.2) is 0 Å². The van der Waals surface area contributed by atoms with Crippen molar-refractivity contribution in [3.63, 3.8) is 0 Å². The van der Waals surface area contributed by atoms with Crippen LogP contribution in [0.1, 0.15) is 20.8 Å². The van der Waals surface area contributed by atoms with Crippen molar-refractivity contribution < 1.29 is 21.6 Å². The maximum atomic E-state index is 12.2. The number of hydrogen-bond donors (Lipinski definition) is 1. The normalized spacial score (nSPS) is 15.8. The molecule has 0 saturated heterocycles. The maximum Gasteiger partial charge on any atom is 0.402 e. The Morgan fingerprint density at radius 1 is 1.25 bits per heavy atom. The third-order valence-corrected chi connectivity index (χ3v) is 4.49. The number of rotatable bonds is 5. The Morgan fingerprint density at radius 3 is 1.94 bits per heavy atom. The van der Waals surface area contributed by atoms with Crippen molar-refractivity contribution in [1.82, 2.24) is 4.31 Å². The Hall–Kier alpha value is -0.340. The van der Waals surface area contributed by atoms with Crippen molar-refractivity contribution in [2.75, 3.05) is 13.1 Å². The predicted molar refractivity (Wildman–Crippen MR) is 55.3 cm³/mol. The van der Waals surface area contributed by atoms with Crippen LogP contribution in [0.2, 0.25) is 0 Å². The molecule has 0 rings (SSSR count). The first-order chi connectivity index (χ1) is 7.02. The lowest BCUT2D eigenvalue weighted by molar-refractivity contribution is -0.138. The van der Waals surface area contributed by atoms with Crippen LogP contribution in [0, 0.1) is 0 Å². The van der Waals surface area contributed by atoms with Gasteiger partial charge in [-0.25, -0.2) is 8.42 Å². The summed E-state index contributed by atoms with van der Waals surface area (Å²) in [5.74, 6) is 0. The Balaban J connectivity index is 5.08. The van der Waals surface area contributed by atoms with Crippen LogP contribution in [-0.2, 0) is 10.0 Å². The van der Waals surface area contributed by atoms with Gasteiger partial charge in [0.2, 0.25) is 10.0 Å². The number of sulfonamides is 1. The highest BCUT2D eigenvalue weighted by atomic mass is 32.2. The molecule has 0 amide bonds. The summed E-state index contributed by atoms with van der Waals surface area (Å²) in [7, 11) is -4.00. The van der Waals surface area contributed by atoms with Crippen molar-refractivity contribution in [2.45, 2.75) is 38.2 Å². The zero-order valence-electron chi connectivity index (χ0n) is 9.45. The van der Waals surface area contributed by atoms with Gasteiger partial charge in [-0.05, 0) is 20.8 Å². The molecule has 0 saturated carbocycles. The summed E-state index contributed by atoms with van der Waals surface area (Å²) < 4.78 is 60.6. The standard InChI is InChI=1S/C8H17F3N2O2S/c1-6(2)13(5-8(9,10)11)16(14,15)7(3)4-12/h6-7H,4-5,12H2,1-3H3. The minimum absolute atomic E-state index is 0.205. The molecule has 0 aliphatic carbocycles. The first-order valence-corrected chi connectivity index (χ1v) is 6.30. The Labute approximate surface area is 93.7 Å². The van der Waals surface area contributed by atoms with Crippen LogP contribution in [0.3, 0.4) is 0 Å². The lowest BCUT2D eigenvalue weighted by atomic mass is 10.4. The second kappa shape index (κ2) is 5.33. The van der Waals surface area contributed by atoms with Crippen LogP contribution in [0.5, 0.6) is 0 Å². The molecule has 2 N–H and O–H groups in total. The first-order valence-electron chi connectivity index (χ1n) is 4.80. The summed E-state index contributed by atoms with van der Waals surface area (Å²) in [5, 5.41) is -1.02. The lowest BCUT2D eigenvalue weighted by Gasteiger charge is -2.29. The summed E-state index contributed by atoms with van der Waals surface area (Å²) in [6, 6.07) is -0.749. The SMILES string of the molecule is CC(C)N(CC(F)(F)F)S(=O)(=O)C(C)CN. The van der Waals surface area contributed by atoms with E-state index in [0.717, 1.165) is 0 Å². The third-order valence-electron chi connectivity index (χ3n) is 2.08. The summed E-state index contributed by atoms with van der Waals surface area (Å²) >= 11 is 0. The van der Waals surface area contributed by atoms with Crippen LogP contribution in [-0.4, -0.2) is 43.3 Å². The molecule has 16 heavy (non-hydrogen) atoms. The quantitative estimate of drug-likeness (QED) is 0.802. The highest BCUT2D eigenvalue weighted by Crippen LogP contribution is 2.22. The van der Waals surface area contributed by atoms with E-state index in [1.807, 2.05) is 0 Å². The van der Waals surface area contributed by atoms with E-state index in [-0.39, 0.29) is 6.54 Å². The van der Waals surface area contributed by atoms with Crippen molar-refractivity contribution in [1.29, 1.82) is 0 Å². The van der Waals surface area contributed by atoms with E-state index in [2.05, 4.69) is 0 Å². The fraction of sp³-hybridized carbons (Fsp3) is 1.00. The van der Waals surface area contributed by atoms with Crippen molar-refractivity contribution in [3.05, 3.63) is 0 Å². The molecule has 0 aromatic carbocycles. The zero-order chi connectivity index (χ0) is 13.1. The van der Waals surface area contributed by atoms with Gasteiger partial charge in [-0.1, -0.05) is 0 Å². The van der Waals surface area contributed by atoms with Gasteiger partial charge >= 0.3 is 6.18 Å². The van der Waals surface area contributed by atoms with Crippen molar-refractivity contribution in [2.24, 2.45) is 5.73 Å². The van der Waals surface area contributed by atoms with Gasteiger partial charge in [-0.3, -0.25) is 0 Å². The monoisotopic (exact) mass is 262 g/mol. The average molecular weight is 262 g/mol. The molecule has 0 aliphatic heterocycles. The Morgan fingerprint density at radius 2 is 1.69 bits per heavy atom. The maximum absolute atomic E-state index is 12.2. The molecule has 8 heteroatoms. The van der Waals surface area contributed by atoms with E-state index in [4.69, 9.17) is 5.73 Å². The molecule has 0 aromatic rings. The molecule has 0 fully saturated rings. The van der Waals surface area contributed by atoms with Crippen LogP contribution in [0.25, 0.3) is 0 Å². The number of halogens is 3. The summed E-state index contributed by atoms with van der Waals surface area (Å²) in [6.07, 6.45) is -4.55. The van der Waals surface area contributed by atoms with Gasteiger partial charge in [-0.15, -0.1) is 0 Å². The van der Waals surface area contributed by atoms with Gasteiger partial charge in [-0.2, -0.15) is 17.5 Å². The molecule has 0 aromatic heterocycles. The summed E-state index contributed by atoms with van der Waals surface area (Å²) in [4.78, 5) is 0. The van der Waals surface area contributed by atoms with Crippen molar-refractivity contribution in [3.8, 4) is 0 Å². The highest BCUT2D eigenvalue weighted by molar-refractivity contribution is 7.89. The molecular weight excluding hydrogens is 245 g/mol. The van der Waals surface area contributed by atoms with Crippen LogP contribution in [0.15, 0.2) is 0 Å². The molecule has 0 radical (unpaired) electrons. The van der Waals surface area contributed by atoms with Crippen LogP contribution in [0.4, 0.5) is 13.2 Å². The minimum Gasteiger partial charge on any atom is -0.329 e. The van der Waals surface area contributed by atoms with Gasteiger partial charge in [0, 0.05) is 12.6 Å². The minimum atomic E-state index is -4.55. The molecule has 0 spiro atoms. The summed E-state index contributed by atoms with van der Waals surface area (Å²) in [6.45, 7) is 2.40. The van der Waals surface area contributed by atoms with E-state index >= 15 is 0 Å². The van der Waals surface area contributed by atoms with E-state index in [0.29, 0.717) is 4.31 Å². The van der Waals surface area contributed by atoms with E-state index in [9.17, 15) is 21.6 Å². The molecule has 1 unspecified atom stereocenters. The lowest BCUT2D eigenvalue weighted by Crippen LogP contribution is -2.48. The van der Waals surface area contributed by atoms with Gasteiger partial charge in [0.25, 0.3) is 0 Å². The fourth-order valence-corrected chi connectivity index (χ4v) is 2.72. The first kappa shape index (κ1) is 15.7. The molecule has 0 bridgehead atoms. The summed E-state index contributed by atoms with van der Waals surface area (Å²) in [5.41, 5.74) is 5.17. The fourth-order valence-electron chi connectivity index (χ4n) is 1.10. The third kappa shape index (κ3) is 4.26. The molecule has 0 aliphatic rings. The van der Waals surface area contributed by atoms with Crippen molar-refractivity contribution >= 4 is 10.0 Å². The average Bonchev–Trinajstić information content (AvgIpc) is 2.10. The number of nitrogens with two attached hydrogens (primary N) is 1. The van der Waals surface area contributed by atoms with Crippen LogP contribution >= 0.6 is 0 Å². The molecule has 0 heterocycles. The van der Waals surface area contributed by atoms with Gasteiger partial charge < -0.3 is 5.73 Å². The topological polar surface area (TPSA) is 63.4 Å². The second-order valence-corrected chi connectivity index (χ2v) is 6.15. The molecular formula is C8H17F3N2O2S. The highest BCUT2D eigenvalue weighted by Gasteiger charge is 2.39. The Bertz CT molecular complexity index is 314. The van der Waals surface area contributed by atoms with Crippen LogP contribution < -0.4 is 5.73 Å². The second-order valence-electron chi connectivity index (χ2n) is 3.85.